The van der Waals surface area contributed by atoms with Gasteiger partial charge in [0.1, 0.15) is 12.4 Å². The highest BCUT2D eigenvalue weighted by molar-refractivity contribution is 6.30. The van der Waals surface area contributed by atoms with Crippen molar-refractivity contribution in [1.82, 2.24) is 0 Å². The largest absolute Gasteiger partial charge is 0.489 e. The Bertz CT molecular complexity index is 971. The number of hydrogen-bond donors (Lipinski definition) is 2. The van der Waals surface area contributed by atoms with Gasteiger partial charge in [-0.3, -0.25) is 9.59 Å². The fourth-order valence-electron chi connectivity index (χ4n) is 2.45. The van der Waals surface area contributed by atoms with Crippen molar-refractivity contribution < 1.29 is 14.3 Å². The number of halogens is 1. The van der Waals surface area contributed by atoms with E-state index in [1.807, 2.05) is 18.2 Å². The third kappa shape index (κ3) is 5.09. The summed E-state index contributed by atoms with van der Waals surface area (Å²) in [6.07, 6.45) is 0. The number of ether oxygens (including phenoxy) is 1. The van der Waals surface area contributed by atoms with Gasteiger partial charge in [-0.15, -0.1) is 0 Å². The Morgan fingerprint density at radius 2 is 1.67 bits per heavy atom. The van der Waals surface area contributed by atoms with Gasteiger partial charge in [-0.1, -0.05) is 29.8 Å². The summed E-state index contributed by atoms with van der Waals surface area (Å²) in [6.45, 7) is 0.314. The number of anilines is 1. The third-order valence-corrected chi connectivity index (χ3v) is 4.05. The summed E-state index contributed by atoms with van der Waals surface area (Å²) in [4.78, 5) is 23.5. The number of rotatable bonds is 6. The highest BCUT2D eigenvalue weighted by atomic mass is 35.5. The average molecular weight is 381 g/mol. The lowest BCUT2D eigenvalue weighted by atomic mass is 10.1. The van der Waals surface area contributed by atoms with Crippen molar-refractivity contribution in [3.63, 3.8) is 0 Å². The summed E-state index contributed by atoms with van der Waals surface area (Å²) in [7, 11) is 0. The van der Waals surface area contributed by atoms with Gasteiger partial charge in [0.25, 0.3) is 5.91 Å². The zero-order valence-corrected chi connectivity index (χ0v) is 15.1. The monoisotopic (exact) mass is 380 g/mol. The first-order chi connectivity index (χ1) is 13.0. The molecule has 0 unspecified atom stereocenters. The van der Waals surface area contributed by atoms with Gasteiger partial charge in [0.2, 0.25) is 5.91 Å². The first kappa shape index (κ1) is 18.5. The molecule has 3 rings (SSSR count). The molecule has 6 heteroatoms. The van der Waals surface area contributed by atoms with Gasteiger partial charge in [0.15, 0.2) is 0 Å². The Morgan fingerprint density at radius 3 is 2.37 bits per heavy atom. The van der Waals surface area contributed by atoms with Crippen molar-refractivity contribution in [3.8, 4) is 5.75 Å². The zero-order valence-electron chi connectivity index (χ0n) is 14.3. The molecule has 0 spiro atoms. The van der Waals surface area contributed by atoms with Crippen molar-refractivity contribution in [2.24, 2.45) is 5.73 Å². The van der Waals surface area contributed by atoms with E-state index in [1.165, 1.54) is 0 Å². The molecule has 0 saturated heterocycles. The van der Waals surface area contributed by atoms with Crippen LogP contribution in [0.25, 0.3) is 0 Å². The number of primary amides is 1. The number of amides is 2. The maximum Gasteiger partial charge on any atom is 0.255 e. The molecule has 0 saturated carbocycles. The van der Waals surface area contributed by atoms with Crippen LogP contribution in [-0.2, 0) is 6.61 Å². The lowest BCUT2D eigenvalue weighted by Gasteiger charge is -2.09. The molecule has 3 N–H and O–H groups in total. The fourth-order valence-corrected chi connectivity index (χ4v) is 2.63. The standard InChI is InChI=1S/C21H17ClN2O3/c22-17-5-2-6-19(12-17)27-13-14-3-1-4-16(11-14)21(26)24-18-9-7-15(8-10-18)20(23)25/h1-12H,13H2,(H2,23,25)(H,24,26). The quantitative estimate of drug-likeness (QED) is 0.670. The van der Waals surface area contributed by atoms with Crippen molar-refractivity contribution in [1.29, 1.82) is 0 Å². The van der Waals surface area contributed by atoms with Crippen LogP contribution in [0.15, 0.2) is 72.8 Å². The van der Waals surface area contributed by atoms with Crippen LogP contribution in [0.1, 0.15) is 26.3 Å². The molecular weight excluding hydrogens is 364 g/mol. The molecule has 2 amide bonds. The summed E-state index contributed by atoms with van der Waals surface area (Å²) in [5.74, 6) is -0.112. The van der Waals surface area contributed by atoms with Gasteiger partial charge in [0.05, 0.1) is 0 Å². The Hall–Kier alpha value is -3.31. The maximum atomic E-state index is 12.4. The van der Waals surface area contributed by atoms with Crippen LogP contribution in [-0.4, -0.2) is 11.8 Å². The normalized spacial score (nSPS) is 10.3. The molecule has 3 aromatic rings. The molecule has 0 atom stereocenters. The van der Waals surface area contributed by atoms with E-state index >= 15 is 0 Å². The van der Waals surface area contributed by atoms with E-state index in [4.69, 9.17) is 22.1 Å². The van der Waals surface area contributed by atoms with E-state index in [-0.39, 0.29) is 5.91 Å². The minimum Gasteiger partial charge on any atom is -0.489 e. The lowest BCUT2D eigenvalue weighted by Crippen LogP contribution is -2.13. The van der Waals surface area contributed by atoms with E-state index < -0.39 is 5.91 Å². The molecule has 0 radical (unpaired) electrons. The van der Waals surface area contributed by atoms with Crippen LogP contribution in [0.4, 0.5) is 5.69 Å². The average Bonchev–Trinajstić information content (AvgIpc) is 2.67. The third-order valence-electron chi connectivity index (χ3n) is 3.82. The smallest absolute Gasteiger partial charge is 0.255 e. The van der Waals surface area contributed by atoms with Crippen LogP contribution in [0, 0.1) is 0 Å². The number of nitrogens with one attached hydrogen (secondary N) is 1. The molecule has 0 fully saturated rings. The van der Waals surface area contributed by atoms with Gasteiger partial charge in [-0.25, -0.2) is 0 Å². The van der Waals surface area contributed by atoms with Crippen LogP contribution < -0.4 is 15.8 Å². The van der Waals surface area contributed by atoms with Gasteiger partial charge >= 0.3 is 0 Å². The minimum absolute atomic E-state index is 0.258. The van der Waals surface area contributed by atoms with Crippen molar-refractivity contribution >= 4 is 29.1 Å². The molecule has 0 heterocycles. The maximum absolute atomic E-state index is 12.4. The first-order valence-electron chi connectivity index (χ1n) is 8.20. The van der Waals surface area contributed by atoms with Crippen molar-refractivity contribution in [3.05, 3.63) is 94.5 Å². The summed E-state index contributed by atoms with van der Waals surface area (Å²) in [5, 5.41) is 3.38. The van der Waals surface area contributed by atoms with Crippen molar-refractivity contribution in [2.75, 3.05) is 5.32 Å². The highest BCUT2D eigenvalue weighted by Crippen LogP contribution is 2.19. The summed E-state index contributed by atoms with van der Waals surface area (Å²) in [5.41, 5.74) is 7.52. The Kier molecular flexibility index (Phi) is 5.74. The van der Waals surface area contributed by atoms with Crippen LogP contribution in [0.3, 0.4) is 0 Å². The number of nitrogens with two attached hydrogens (primary N) is 1. The van der Waals surface area contributed by atoms with Crippen LogP contribution in [0.5, 0.6) is 5.75 Å². The van der Waals surface area contributed by atoms with E-state index in [2.05, 4.69) is 5.32 Å². The van der Waals surface area contributed by atoms with E-state index in [0.29, 0.717) is 34.2 Å². The Morgan fingerprint density at radius 1 is 0.926 bits per heavy atom. The van der Waals surface area contributed by atoms with Gasteiger partial charge in [-0.05, 0) is 60.2 Å². The van der Waals surface area contributed by atoms with Crippen LogP contribution in [0.2, 0.25) is 5.02 Å². The Balaban J connectivity index is 1.65. The number of benzene rings is 3. The molecular formula is C21H17ClN2O3. The van der Waals surface area contributed by atoms with Crippen LogP contribution >= 0.6 is 11.6 Å². The highest BCUT2D eigenvalue weighted by Gasteiger charge is 2.08. The second kappa shape index (κ2) is 8.38. The molecule has 27 heavy (non-hydrogen) atoms. The van der Waals surface area contributed by atoms with Gasteiger partial charge in [0, 0.05) is 21.8 Å². The molecule has 5 nitrogen and oxygen atoms in total. The molecule has 136 valence electrons. The van der Waals surface area contributed by atoms with Gasteiger partial charge < -0.3 is 15.8 Å². The molecule has 0 aliphatic heterocycles. The molecule has 0 bridgehead atoms. The minimum atomic E-state index is -0.514. The molecule has 3 aromatic carbocycles. The molecule has 0 aromatic heterocycles. The fraction of sp³-hybridized carbons (Fsp3) is 0.0476. The number of carbonyl (C=O) groups excluding carboxylic acids is 2. The molecule has 0 aliphatic carbocycles. The first-order valence-corrected chi connectivity index (χ1v) is 8.57. The van der Waals surface area contributed by atoms with E-state index in [0.717, 1.165) is 5.56 Å². The SMILES string of the molecule is NC(=O)c1ccc(NC(=O)c2cccc(COc3cccc(Cl)c3)c2)cc1. The van der Waals surface area contributed by atoms with E-state index in [1.54, 1.807) is 54.6 Å². The van der Waals surface area contributed by atoms with E-state index in [9.17, 15) is 9.59 Å². The number of hydrogen-bond acceptors (Lipinski definition) is 3. The predicted molar refractivity (Wildman–Crippen MR) is 105 cm³/mol. The Labute approximate surface area is 161 Å². The van der Waals surface area contributed by atoms with Gasteiger partial charge in [-0.2, -0.15) is 0 Å². The lowest BCUT2D eigenvalue weighted by molar-refractivity contribution is 0.0998. The number of carbonyl (C=O) groups is 2. The second-order valence-electron chi connectivity index (χ2n) is 5.84. The topological polar surface area (TPSA) is 81.4 Å². The zero-order chi connectivity index (χ0) is 19.2. The predicted octanol–water partition coefficient (Wildman–Crippen LogP) is 4.27. The summed E-state index contributed by atoms with van der Waals surface area (Å²) in [6, 6.07) is 20.7. The molecule has 0 aliphatic rings. The second-order valence-corrected chi connectivity index (χ2v) is 6.28. The summed E-state index contributed by atoms with van der Waals surface area (Å²) < 4.78 is 5.70. The summed E-state index contributed by atoms with van der Waals surface area (Å²) >= 11 is 5.94. The van der Waals surface area contributed by atoms with Crippen molar-refractivity contribution in [2.45, 2.75) is 6.61 Å².